The Morgan fingerprint density at radius 2 is 2.07 bits per heavy atom. The van der Waals surface area contributed by atoms with E-state index in [2.05, 4.69) is 11.9 Å². The van der Waals surface area contributed by atoms with Gasteiger partial charge in [0.2, 0.25) is 0 Å². The monoisotopic (exact) mass is 444 g/mol. The summed E-state index contributed by atoms with van der Waals surface area (Å²) in [6, 6.07) is 13.2. The Bertz CT molecular complexity index is 975. The molecule has 1 heterocycles. The first kappa shape index (κ1) is 22.4. The first-order valence-corrected chi connectivity index (χ1v) is 11.1. The van der Waals surface area contributed by atoms with Gasteiger partial charge in [0, 0.05) is 19.6 Å². The highest BCUT2D eigenvalue weighted by Crippen LogP contribution is 2.38. The summed E-state index contributed by atoms with van der Waals surface area (Å²) in [5.41, 5.74) is 2.68. The lowest BCUT2D eigenvalue weighted by Gasteiger charge is -2.18. The summed E-state index contributed by atoms with van der Waals surface area (Å²) in [6.07, 6.45) is 3.28. The lowest BCUT2D eigenvalue weighted by molar-refractivity contribution is -0.113. The van der Waals surface area contributed by atoms with Crippen LogP contribution in [0.1, 0.15) is 30.9 Å². The summed E-state index contributed by atoms with van der Waals surface area (Å²) >= 11 is 7.71. The second-order valence-corrected chi connectivity index (χ2v) is 8.23. The van der Waals surface area contributed by atoms with E-state index in [1.165, 1.54) is 11.8 Å². The van der Waals surface area contributed by atoms with Gasteiger partial charge in [0.25, 0.3) is 5.91 Å². The van der Waals surface area contributed by atoms with Crippen molar-refractivity contribution in [2.24, 2.45) is 4.99 Å². The molecule has 1 aliphatic rings. The number of aliphatic hydroxyl groups excluding tert-OH is 1. The molecule has 7 heteroatoms. The molecule has 0 spiro atoms. The lowest BCUT2D eigenvalue weighted by atomic mass is 10.1. The molecule has 0 saturated carbocycles. The number of amidine groups is 1. The maximum absolute atomic E-state index is 13.2. The zero-order valence-electron chi connectivity index (χ0n) is 17.1. The zero-order valence-corrected chi connectivity index (χ0v) is 18.7. The van der Waals surface area contributed by atoms with Crippen molar-refractivity contribution < 1.29 is 14.6 Å². The van der Waals surface area contributed by atoms with E-state index in [-0.39, 0.29) is 12.5 Å². The van der Waals surface area contributed by atoms with Crippen molar-refractivity contribution in [1.82, 2.24) is 0 Å². The Kier molecular flexibility index (Phi) is 7.96. The first-order valence-electron chi connectivity index (χ1n) is 9.92. The number of thioether (sulfide) groups is 1. The number of carbonyl (C=O) groups excluding carboxylic acids is 1. The van der Waals surface area contributed by atoms with E-state index in [9.17, 15) is 4.79 Å². The Balaban J connectivity index is 1.89. The smallest absolute Gasteiger partial charge is 0.271 e. The van der Waals surface area contributed by atoms with E-state index in [1.807, 2.05) is 43.3 Å². The molecular weight excluding hydrogens is 420 g/mol. The summed E-state index contributed by atoms with van der Waals surface area (Å²) in [4.78, 5) is 20.2. The van der Waals surface area contributed by atoms with Gasteiger partial charge in [0.15, 0.2) is 5.17 Å². The second-order valence-electron chi connectivity index (χ2n) is 6.82. The third-order valence-electron chi connectivity index (χ3n) is 4.45. The normalized spacial score (nSPS) is 16.7. The third-order valence-corrected chi connectivity index (χ3v) is 5.75. The number of amides is 1. The molecule has 1 aliphatic heterocycles. The first-order chi connectivity index (χ1) is 14.5. The van der Waals surface area contributed by atoms with Crippen LogP contribution in [0.4, 0.5) is 5.69 Å². The Morgan fingerprint density at radius 3 is 2.77 bits per heavy atom. The minimum absolute atomic E-state index is 0.0699. The highest BCUT2D eigenvalue weighted by atomic mass is 35.5. The van der Waals surface area contributed by atoms with Crippen LogP contribution in [0, 0.1) is 6.92 Å². The van der Waals surface area contributed by atoms with Gasteiger partial charge in [0.1, 0.15) is 5.75 Å². The van der Waals surface area contributed by atoms with Crippen LogP contribution >= 0.6 is 23.4 Å². The van der Waals surface area contributed by atoms with Crippen molar-refractivity contribution in [1.29, 1.82) is 0 Å². The fourth-order valence-electron chi connectivity index (χ4n) is 2.94. The fraction of sp³-hybridized carbons (Fsp3) is 0.304. The molecule has 1 fully saturated rings. The number of aliphatic imine (C=N–C) groups is 1. The molecule has 0 bridgehead atoms. The lowest BCUT2D eigenvalue weighted by Crippen LogP contribution is -2.29. The number of hydrogen-bond donors (Lipinski definition) is 1. The molecule has 1 saturated heterocycles. The number of aliphatic hydroxyl groups is 1. The quantitative estimate of drug-likeness (QED) is 0.443. The van der Waals surface area contributed by atoms with Gasteiger partial charge in [-0.05, 0) is 60.5 Å². The second kappa shape index (κ2) is 10.7. The molecule has 3 rings (SSSR count). The number of benzene rings is 2. The predicted molar refractivity (Wildman–Crippen MR) is 125 cm³/mol. The maximum Gasteiger partial charge on any atom is 0.271 e. The van der Waals surface area contributed by atoms with Gasteiger partial charge in [0.05, 0.1) is 22.2 Å². The van der Waals surface area contributed by atoms with Crippen molar-refractivity contribution in [3.63, 3.8) is 0 Å². The molecule has 0 radical (unpaired) electrons. The number of nitrogens with zero attached hydrogens (tertiary/aromatic N) is 2. The fourth-order valence-corrected chi connectivity index (χ4v) is 4.18. The molecule has 0 aromatic heterocycles. The van der Waals surface area contributed by atoms with Crippen LogP contribution in [0.5, 0.6) is 5.75 Å². The number of anilines is 1. The molecule has 0 unspecified atom stereocenters. The van der Waals surface area contributed by atoms with E-state index in [0.717, 1.165) is 23.2 Å². The third kappa shape index (κ3) is 5.25. The number of hydrogen-bond acceptors (Lipinski definition) is 5. The van der Waals surface area contributed by atoms with E-state index >= 15 is 0 Å². The molecule has 158 valence electrons. The standard InChI is InChI=1S/C23H25ClN2O3S/c1-3-11-25-23-26(19-8-5-4-7-16(19)2)22(28)21(30-23)15-17-9-10-20(18(24)14-17)29-13-6-12-27/h4-5,7-10,14-15,27H,3,6,11-13H2,1-2H3/b21-15-,25-23-. The number of aryl methyl sites for hydroxylation is 1. The molecule has 1 amide bonds. The SMILES string of the molecule is CCC/N=C1\S/C(=C\c2ccc(OCCCO)c(Cl)c2)C(=O)N1c1ccccc1C. The van der Waals surface area contributed by atoms with Crippen LogP contribution in [-0.4, -0.2) is 35.9 Å². The van der Waals surface area contributed by atoms with Crippen LogP contribution in [0.3, 0.4) is 0 Å². The topological polar surface area (TPSA) is 62.1 Å². The molecule has 0 atom stereocenters. The molecule has 0 aliphatic carbocycles. The van der Waals surface area contributed by atoms with Gasteiger partial charge in [-0.15, -0.1) is 0 Å². The summed E-state index contributed by atoms with van der Waals surface area (Å²) in [6.45, 7) is 5.18. The average Bonchev–Trinajstić information content (AvgIpc) is 3.03. The van der Waals surface area contributed by atoms with Crippen LogP contribution in [0.2, 0.25) is 5.02 Å². The van der Waals surface area contributed by atoms with Crippen molar-refractivity contribution in [3.05, 3.63) is 63.5 Å². The number of halogens is 1. The summed E-state index contributed by atoms with van der Waals surface area (Å²) < 4.78 is 5.56. The molecule has 30 heavy (non-hydrogen) atoms. The van der Waals surface area contributed by atoms with E-state index in [4.69, 9.17) is 21.4 Å². The van der Waals surface area contributed by atoms with Crippen LogP contribution < -0.4 is 9.64 Å². The minimum atomic E-state index is -0.0939. The molecule has 5 nitrogen and oxygen atoms in total. The number of para-hydroxylation sites is 1. The Hall–Kier alpha value is -2.28. The van der Waals surface area contributed by atoms with Crippen LogP contribution in [0.15, 0.2) is 52.4 Å². The van der Waals surface area contributed by atoms with Crippen LogP contribution in [-0.2, 0) is 4.79 Å². The van der Waals surface area contributed by atoms with E-state index in [0.29, 0.717) is 40.4 Å². The van der Waals surface area contributed by atoms with E-state index in [1.54, 1.807) is 17.0 Å². The Morgan fingerprint density at radius 1 is 1.27 bits per heavy atom. The minimum Gasteiger partial charge on any atom is -0.492 e. The van der Waals surface area contributed by atoms with Gasteiger partial charge in [-0.1, -0.05) is 42.8 Å². The largest absolute Gasteiger partial charge is 0.492 e. The van der Waals surface area contributed by atoms with Gasteiger partial charge < -0.3 is 9.84 Å². The summed E-state index contributed by atoms with van der Waals surface area (Å²) in [7, 11) is 0. The highest BCUT2D eigenvalue weighted by Gasteiger charge is 2.35. The number of carbonyl (C=O) groups is 1. The zero-order chi connectivity index (χ0) is 21.5. The van der Waals surface area contributed by atoms with Crippen molar-refractivity contribution in [2.45, 2.75) is 26.7 Å². The predicted octanol–water partition coefficient (Wildman–Crippen LogP) is 5.30. The molecule has 1 N–H and O–H groups in total. The van der Waals surface area contributed by atoms with E-state index < -0.39 is 0 Å². The molecule has 2 aromatic rings. The number of rotatable bonds is 8. The molecular formula is C23H25ClN2O3S. The van der Waals surface area contributed by atoms with Gasteiger partial charge in [-0.2, -0.15) is 0 Å². The molecule has 2 aromatic carbocycles. The maximum atomic E-state index is 13.2. The summed E-state index contributed by atoms with van der Waals surface area (Å²) in [5, 5.41) is 10.0. The highest BCUT2D eigenvalue weighted by molar-refractivity contribution is 8.19. The van der Waals surface area contributed by atoms with Gasteiger partial charge >= 0.3 is 0 Å². The number of ether oxygens (including phenoxy) is 1. The Labute approximate surface area is 186 Å². The van der Waals surface area contributed by atoms with Crippen molar-refractivity contribution in [3.8, 4) is 5.75 Å². The van der Waals surface area contributed by atoms with Gasteiger partial charge in [-0.3, -0.25) is 14.7 Å². The van der Waals surface area contributed by atoms with Gasteiger partial charge in [-0.25, -0.2) is 0 Å². The van der Waals surface area contributed by atoms with Crippen molar-refractivity contribution in [2.75, 3.05) is 24.7 Å². The average molecular weight is 445 g/mol. The summed E-state index contributed by atoms with van der Waals surface area (Å²) in [5.74, 6) is 0.466. The van der Waals surface area contributed by atoms with Crippen molar-refractivity contribution >= 4 is 46.2 Å². The van der Waals surface area contributed by atoms with Crippen LogP contribution in [0.25, 0.3) is 6.08 Å².